The third-order valence-electron chi connectivity index (χ3n) is 4.93. The quantitative estimate of drug-likeness (QED) is 0.714. The fraction of sp³-hybridized carbons (Fsp3) is 0.286. The molecule has 0 bridgehead atoms. The van der Waals surface area contributed by atoms with E-state index in [4.69, 9.17) is 14.6 Å². The molecule has 2 aromatic carbocycles. The van der Waals surface area contributed by atoms with Crippen LogP contribution in [0.15, 0.2) is 36.4 Å². The topological polar surface area (TPSA) is 48.3 Å². The molecule has 4 rings (SSSR count). The number of ether oxygens (including phenoxy) is 2. The van der Waals surface area contributed by atoms with Crippen LogP contribution >= 0.6 is 0 Å². The Hall–Kier alpha value is -3.09. The molecule has 1 aromatic heterocycles. The first kappa shape index (κ1) is 18.3. The molecule has 1 N–H and O–H groups in total. The first-order valence-electron chi connectivity index (χ1n) is 9.16. The van der Waals surface area contributed by atoms with Crippen molar-refractivity contribution in [2.75, 3.05) is 26.1 Å². The van der Waals surface area contributed by atoms with Gasteiger partial charge in [-0.1, -0.05) is 0 Å². The van der Waals surface area contributed by atoms with Gasteiger partial charge in [-0.25, -0.2) is 13.5 Å². The van der Waals surface area contributed by atoms with E-state index in [0.717, 1.165) is 48.8 Å². The van der Waals surface area contributed by atoms with E-state index in [1.165, 1.54) is 16.8 Å². The average Bonchev–Trinajstić information content (AvgIpc) is 2.88. The summed E-state index contributed by atoms with van der Waals surface area (Å²) in [4.78, 5) is 0. The Labute approximate surface area is 161 Å². The van der Waals surface area contributed by atoms with Crippen LogP contribution in [0.5, 0.6) is 11.5 Å². The molecule has 7 heteroatoms. The van der Waals surface area contributed by atoms with Crippen molar-refractivity contribution in [2.45, 2.75) is 19.3 Å². The van der Waals surface area contributed by atoms with Gasteiger partial charge in [0.2, 0.25) is 0 Å². The second-order valence-corrected chi connectivity index (χ2v) is 6.63. The lowest BCUT2D eigenvalue weighted by atomic mass is 10.0. The Morgan fingerprint density at radius 1 is 1.04 bits per heavy atom. The summed E-state index contributed by atoms with van der Waals surface area (Å²) in [5.41, 5.74) is 2.70. The van der Waals surface area contributed by atoms with E-state index in [0.29, 0.717) is 17.2 Å². The number of hydrogen-bond acceptors (Lipinski definition) is 4. The van der Waals surface area contributed by atoms with Crippen molar-refractivity contribution in [3.63, 3.8) is 0 Å². The van der Waals surface area contributed by atoms with E-state index in [1.807, 2.05) is 12.1 Å². The lowest BCUT2D eigenvalue weighted by molar-refractivity contribution is 0.395. The van der Waals surface area contributed by atoms with Crippen molar-refractivity contribution in [2.24, 2.45) is 0 Å². The van der Waals surface area contributed by atoms with E-state index >= 15 is 0 Å². The highest BCUT2D eigenvalue weighted by Gasteiger charge is 2.25. The maximum Gasteiger partial charge on any atom is 0.151 e. The molecule has 0 unspecified atom stereocenters. The highest BCUT2D eigenvalue weighted by atomic mass is 19.1. The van der Waals surface area contributed by atoms with Crippen LogP contribution in [0.25, 0.3) is 16.9 Å². The van der Waals surface area contributed by atoms with Gasteiger partial charge in [0.25, 0.3) is 0 Å². The van der Waals surface area contributed by atoms with Gasteiger partial charge >= 0.3 is 0 Å². The van der Waals surface area contributed by atoms with Crippen LogP contribution in [0.2, 0.25) is 0 Å². The van der Waals surface area contributed by atoms with E-state index in [9.17, 15) is 8.78 Å². The SMILES string of the molecule is COc1ccc(-c2nn(-c3ccc(F)cc3F)c3c2CCCCN3)c(OC)c1. The lowest BCUT2D eigenvalue weighted by Crippen LogP contribution is -2.08. The first-order chi connectivity index (χ1) is 13.6. The van der Waals surface area contributed by atoms with Crippen molar-refractivity contribution in [3.05, 3.63) is 53.6 Å². The van der Waals surface area contributed by atoms with Gasteiger partial charge < -0.3 is 14.8 Å². The zero-order valence-corrected chi connectivity index (χ0v) is 15.8. The highest BCUT2D eigenvalue weighted by Crippen LogP contribution is 2.39. The maximum absolute atomic E-state index is 14.5. The number of methoxy groups -OCH3 is 2. The van der Waals surface area contributed by atoms with Gasteiger partial charge in [0.1, 0.15) is 34.5 Å². The maximum atomic E-state index is 14.5. The van der Waals surface area contributed by atoms with E-state index < -0.39 is 11.6 Å². The summed E-state index contributed by atoms with van der Waals surface area (Å²) in [6.07, 6.45) is 2.79. The molecule has 0 saturated heterocycles. The summed E-state index contributed by atoms with van der Waals surface area (Å²) in [6, 6.07) is 9.02. The van der Waals surface area contributed by atoms with E-state index in [1.54, 1.807) is 20.3 Å². The minimum absolute atomic E-state index is 0.200. The van der Waals surface area contributed by atoms with Gasteiger partial charge in [-0.15, -0.1) is 0 Å². The summed E-state index contributed by atoms with van der Waals surface area (Å²) in [5.74, 6) is 0.745. The van der Waals surface area contributed by atoms with E-state index in [2.05, 4.69) is 5.32 Å². The van der Waals surface area contributed by atoms with Crippen LogP contribution in [0.3, 0.4) is 0 Å². The van der Waals surface area contributed by atoms with Gasteiger partial charge in [0.15, 0.2) is 5.82 Å². The largest absolute Gasteiger partial charge is 0.497 e. The summed E-state index contributed by atoms with van der Waals surface area (Å²) in [7, 11) is 3.18. The molecule has 0 spiro atoms. The molecule has 1 aliphatic rings. The zero-order valence-electron chi connectivity index (χ0n) is 15.8. The first-order valence-corrected chi connectivity index (χ1v) is 9.16. The van der Waals surface area contributed by atoms with Gasteiger partial charge in [-0.2, -0.15) is 5.10 Å². The van der Waals surface area contributed by atoms with Crippen LogP contribution < -0.4 is 14.8 Å². The molecule has 0 aliphatic carbocycles. The molecule has 0 fully saturated rings. The Kier molecular flexibility index (Phi) is 4.90. The monoisotopic (exact) mass is 385 g/mol. The highest BCUT2D eigenvalue weighted by molar-refractivity contribution is 5.76. The van der Waals surface area contributed by atoms with Crippen molar-refractivity contribution >= 4 is 5.82 Å². The van der Waals surface area contributed by atoms with Crippen LogP contribution in [0, 0.1) is 11.6 Å². The van der Waals surface area contributed by atoms with Crippen LogP contribution in [0.1, 0.15) is 18.4 Å². The lowest BCUT2D eigenvalue weighted by Gasteiger charge is -2.10. The van der Waals surface area contributed by atoms with Gasteiger partial charge in [0, 0.05) is 29.8 Å². The van der Waals surface area contributed by atoms with Crippen molar-refractivity contribution in [3.8, 4) is 28.4 Å². The third-order valence-corrected chi connectivity index (χ3v) is 4.93. The van der Waals surface area contributed by atoms with Crippen molar-refractivity contribution in [1.29, 1.82) is 0 Å². The van der Waals surface area contributed by atoms with Crippen molar-refractivity contribution < 1.29 is 18.3 Å². The molecule has 2 heterocycles. The molecule has 0 saturated carbocycles. The summed E-state index contributed by atoms with van der Waals surface area (Å²) >= 11 is 0. The summed E-state index contributed by atoms with van der Waals surface area (Å²) in [5, 5.41) is 8.06. The van der Waals surface area contributed by atoms with Crippen LogP contribution in [-0.2, 0) is 6.42 Å². The van der Waals surface area contributed by atoms with Crippen LogP contribution in [0.4, 0.5) is 14.6 Å². The van der Waals surface area contributed by atoms with E-state index in [-0.39, 0.29) is 5.69 Å². The molecule has 0 radical (unpaired) electrons. The number of halogens is 2. The smallest absolute Gasteiger partial charge is 0.151 e. The molecule has 0 amide bonds. The Bertz CT molecular complexity index is 1020. The van der Waals surface area contributed by atoms with Gasteiger partial charge in [-0.3, -0.25) is 0 Å². The predicted octanol–water partition coefficient (Wildman–Crippen LogP) is 4.58. The summed E-state index contributed by atoms with van der Waals surface area (Å²) in [6.45, 7) is 0.765. The number of benzene rings is 2. The molecule has 1 aliphatic heterocycles. The number of nitrogens with zero attached hydrogens (tertiary/aromatic N) is 2. The van der Waals surface area contributed by atoms with Gasteiger partial charge in [0.05, 0.1) is 14.2 Å². The molecule has 28 heavy (non-hydrogen) atoms. The number of rotatable bonds is 4. The Balaban J connectivity index is 1.93. The zero-order chi connectivity index (χ0) is 19.7. The summed E-state index contributed by atoms with van der Waals surface area (Å²) < 4.78 is 40.2. The molecular formula is C21H21F2N3O2. The molecule has 0 atom stereocenters. The minimum atomic E-state index is -0.662. The second kappa shape index (κ2) is 7.50. The van der Waals surface area contributed by atoms with Crippen molar-refractivity contribution in [1.82, 2.24) is 9.78 Å². The molecule has 146 valence electrons. The third kappa shape index (κ3) is 3.17. The van der Waals surface area contributed by atoms with Crippen LogP contribution in [-0.4, -0.2) is 30.5 Å². The Morgan fingerprint density at radius 3 is 2.64 bits per heavy atom. The minimum Gasteiger partial charge on any atom is -0.497 e. The van der Waals surface area contributed by atoms with Gasteiger partial charge in [-0.05, 0) is 43.5 Å². The Morgan fingerprint density at radius 2 is 1.89 bits per heavy atom. The second-order valence-electron chi connectivity index (χ2n) is 6.63. The number of nitrogens with one attached hydrogen (secondary N) is 1. The standard InChI is InChI=1S/C21H21F2N3O2/c1-27-14-7-8-15(19(12-14)28-2)20-16-5-3-4-10-24-21(16)26(25-20)18-9-6-13(22)11-17(18)23/h6-9,11-12,24H,3-5,10H2,1-2H3. The molecule has 3 aromatic rings. The predicted molar refractivity (Wildman–Crippen MR) is 103 cm³/mol. The fourth-order valence-corrected chi connectivity index (χ4v) is 3.54. The molecule has 5 nitrogen and oxygen atoms in total. The number of aromatic nitrogens is 2. The molecular weight excluding hydrogens is 364 g/mol. The average molecular weight is 385 g/mol. The number of hydrogen-bond donors (Lipinski definition) is 1. The number of anilines is 1. The normalized spacial score (nSPS) is 13.4. The fourth-order valence-electron chi connectivity index (χ4n) is 3.54. The number of fused-ring (bicyclic) bond motifs is 1.